The zero-order valence-corrected chi connectivity index (χ0v) is 20.9. The van der Waals surface area contributed by atoms with Crippen LogP contribution in [0.15, 0.2) is 53.1 Å². The standard InChI is InChI=1S/C27H30N4O3S/c1-18(2)20-4-6-21(7-5-20)23-16-28-26(34-23)10-9-25(32)30-27-29-22-8-3-19(15-24(22)35-27)17-31-11-13-33-14-12-31/h3-8,15-16,18H,9-14,17H2,1-2H3,(H,29,30,32). The molecule has 2 aromatic carbocycles. The summed E-state index contributed by atoms with van der Waals surface area (Å²) in [4.78, 5) is 23.9. The second kappa shape index (κ2) is 10.7. The third kappa shape index (κ3) is 5.96. The maximum absolute atomic E-state index is 12.5. The Bertz CT molecular complexity index is 1290. The predicted molar refractivity (Wildman–Crippen MR) is 139 cm³/mol. The van der Waals surface area contributed by atoms with Gasteiger partial charge in [0.05, 0.1) is 29.6 Å². The summed E-state index contributed by atoms with van der Waals surface area (Å²) >= 11 is 1.50. The molecule has 1 saturated heterocycles. The minimum absolute atomic E-state index is 0.0985. The lowest BCUT2D eigenvalue weighted by molar-refractivity contribution is -0.116. The van der Waals surface area contributed by atoms with Gasteiger partial charge in [0.25, 0.3) is 0 Å². The van der Waals surface area contributed by atoms with Crippen molar-refractivity contribution in [2.75, 3.05) is 31.6 Å². The molecule has 0 saturated carbocycles. The first-order valence-electron chi connectivity index (χ1n) is 12.1. The van der Waals surface area contributed by atoms with E-state index in [0.29, 0.717) is 23.4 Å². The molecule has 0 aliphatic carbocycles. The Morgan fingerprint density at radius 3 is 2.71 bits per heavy atom. The van der Waals surface area contributed by atoms with Crippen LogP contribution in [0, 0.1) is 0 Å². The number of aromatic nitrogens is 2. The topological polar surface area (TPSA) is 80.5 Å². The molecule has 1 amide bonds. The van der Waals surface area contributed by atoms with E-state index in [4.69, 9.17) is 9.15 Å². The van der Waals surface area contributed by atoms with Gasteiger partial charge in [-0.2, -0.15) is 0 Å². The van der Waals surface area contributed by atoms with Crippen molar-refractivity contribution in [3.05, 3.63) is 65.7 Å². The average molecular weight is 491 g/mol. The van der Waals surface area contributed by atoms with Crippen LogP contribution in [0.4, 0.5) is 5.13 Å². The number of oxazole rings is 1. The van der Waals surface area contributed by atoms with Crippen LogP contribution in [0.3, 0.4) is 0 Å². The van der Waals surface area contributed by atoms with E-state index in [9.17, 15) is 4.79 Å². The van der Waals surface area contributed by atoms with Crippen molar-refractivity contribution >= 4 is 32.6 Å². The van der Waals surface area contributed by atoms with Crippen molar-refractivity contribution in [2.24, 2.45) is 0 Å². The quantitative estimate of drug-likeness (QED) is 0.352. The lowest BCUT2D eigenvalue weighted by atomic mass is 10.0. The van der Waals surface area contributed by atoms with Crippen molar-refractivity contribution in [3.63, 3.8) is 0 Å². The predicted octanol–water partition coefficient (Wildman–Crippen LogP) is 5.48. The largest absolute Gasteiger partial charge is 0.441 e. The average Bonchev–Trinajstić information content (AvgIpc) is 3.50. The first-order valence-corrected chi connectivity index (χ1v) is 12.9. The first-order chi connectivity index (χ1) is 17.0. The van der Waals surface area contributed by atoms with Crippen LogP contribution in [-0.2, 0) is 22.5 Å². The van der Waals surface area contributed by atoms with Gasteiger partial charge in [-0.05, 0) is 29.2 Å². The van der Waals surface area contributed by atoms with Crippen molar-refractivity contribution in [3.8, 4) is 11.3 Å². The van der Waals surface area contributed by atoms with Crippen LogP contribution in [0.25, 0.3) is 21.5 Å². The SMILES string of the molecule is CC(C)c1ccc(-c2cnc(CCC(=O)Nc3nc4ccc(CN5CCOCC5)cc4s3)o2)cc1. The highest BCUT2D eigenvalue weighted by Gasteiger charge is 2.14. The van der Waals surface area contributed by atoms with E-state index in [-0.39, 0.29) is 12.3 Å². The molecule has 8 heteroatoms. The molecule has 0 bridgehead atoms. The lowest BCUT2D eigenvalue weighted by Crippen LogP contribution is -2.35. The number of nitrogens with one attached hydrogen (secondary N) is 1. The summed E-state index contributed by atoms with van der Waals surface area (Å²) in [7, 11) is 0. The number of amides is 1. The van der Waals surface area contributed by atoms with E-state index in [1.54, 1.807) is 6.20 Å². The third-order valence-electron chi connectivity index (χ3n) is 6.19. The summed E-state index contributed by atoms with van der Waals surface area (Å²) in [6.07, 6.45) is 2.44. The molecule has 1 fully saturated rings. The minimum Gasteiger partial charge on any atom is -0.441 e. The van der Waals surface area contributed by atoms with E-state index in [1.165, 1.54) is 22.5 Å². The number of ether oxygens (including phenoxy) is 1. The van der Waals surface area contributed by atoms with E-state index in [0.717, 1.165) is 54.4 Å². The van der Waals surface area contributed by atoms with Gasteiger partial charge >= 0.3 is 0 Å². The summed E-state index contributed by atoms with van der Waals surface area (Å²) < 4.78 is 12.4. The number of morpholine rings is 1. The number of nitrogens with zero attached hydrogens (tertiary/aromatic N) is 3. The molecule has 4 aromatic rings. The number of fused-ring (bicyclic) bond motifs is 1. The number of carbonyl (C=O) groups is 1. The Labute approximate surface area is 209 Å². The molecule has 35 heavy (non-hydrogen) atoms. The Morgan fingerprint density at radius 1 is 1.14 bits per heavy atom. The maximum Gasteiger partial charge on any atom is 0.226 e. The molecule has 0 atom stereocenters. The number of anilines is 1. The van der Waals surface area contributed by atoms with Crippen LogP contribution < -0.4 is 5.32 Å². The lowest BCUT2D eigenvalue weighted by Gasteiger charge is -2.26. The molecular formula is C27H30N4O3S. The van der Waals surface area contributed by atoms with Crippen molar-refractivity contribution in [2.45, 2.75) is 39.2 Å². The third-order valence-corrected chi connectivity index (χ3v) is 7.12. The number of aryl methyl sites for hydroxylation is 1. The number of rotatable bonds is 8. The zero-order chi connectivity index (χ0) is 24.2. The minimum atomic E-state index is -0.0985. The molecule has 1 aliphatic heterocycles. The fraction of sp³-hybridized carbons (Fsp3) is 0.370. The summed E-state index contributed by atoms with van der Waals surface area (Å²) in [5.41, 5.74) is 4.42. The van der Waals surface area contributed by atoms with E-state index < -0.39 is 0 Å². The van der Waals surface area contributed by atoms with Crippen LogP contribution >= 0.6 is 11.3 Å². The van der Waals surface area contributed by atoms with E-state index >= 15 is 0 Å². The summed E-state index contributed by atoms with van der Waals surface area (Å²) in [6.45, 7) is 8.74. The number of hydrogen-bond donors (Lipinski definition) is 1. The molecule has 5 rings (SSSR count). The van der Waals surface area contributed by atoms with Crippen molar-refractivity contribution in [1.82, 2.24) is 14.9 Å². The van der Waals surface area contributed by atoms with Crippen LogP contribution in [0.1, 0.15) is 43.2 Å². The molecule has 3 heterocycles. The Balaban J connectivity index is 1.15. The highest BCUT2D eigenvalue weighted by Crippen LogP contribution is 2.28. The molecule has 0 spiro atoms. The number of hydrogen-bond acceptors (Lipinski definition) is 7. The van der Waals surface area contributed by atoms with Gasteiger partial charge in [-0.15, -0.1) is 0 Å². The highest BCUT2D eigenvalue weighted by molar-refractivity contribution is 7.22. The molecule has 0 unspecified atom stereocenters. The monoisotopic (exact) mass is 490 g/mol. The fourth-order valence-electron chi connectivity index (χ4n) is 4.13. The summed E-state index contributed by atoms with van der Waals surface area (Å²) in [6, 6.07) is 14.6. The second-order valence-corrected chi connectivity index (χ2v) is 10.2. The Kier molecular flexibility index (Phi) is 7.22. The van der Waals surface area contributed by atoms with E-state index in [1.807, 2.05) is 18.2 Å². The molecule has 1 aliphatic rings. The molecule has 182 valence electrons. The van der Waals surface area contributed by atoms with Crippen LogP contribution in [-0.4, -0.2) is 47.1 Å². The Morgan fingerprint density at radius 2 is 1.94 bits per heavy atom. The van der Waals surface area contributed by atoms with Gasteiger partial charge in [0.1, 0.15) is 0 Å². The fourth-order valence-corrected chi connectivity index (χ4v) is 5.08. The Hall–Kier alpha value is -3.07. The number of thiazole rings is 1. The van der Waals surface area contributed by atoms with Gasteiger partial charge in [-0.3, -0.25) is 9.69 Å². The van der Waals surface area contributed by atoms with Gasteiger partial charge in [-0.1, -0.05) is 55.5 Å². The molecule has 1 N–H and O–H groups in total. The molecule has 2 aromatic heterocycles. The van der Waals surface area contributed by atoms with Gasteiger partial charge < -0.3 is 14.5 Å². The molecular weight excluding hydrogens is 460 g/mol. The highest BCUT2D eigenvalue weighted by atomic mass is 32.1. The first kappa shape index (κ1) is 23.7. The second-order valence-electron chi connectivity index (χ2n) is 9.15. The van der Waals surface area contributed by atoms with Gasteiger partial charge in [0, 0.05) is 38.0 Å². The molecule has 7 nitrogen and oxygen atoms in total. The molecule has 0 radical (unpaired) electrons. The smallest absolute Gasteiger partial charge is 0.226 e. The van der Waals surface area contributed by atoms with E-state index in [2.05, 4.69) is 58.3 Å². The van der Waals surface area contributed by atoms with Gasteiger partial charge in [-0.25, -0.2) is 9.97 Å². The van der Waals surface area contributed by atoms with Crippen molar-refractivity contribution < 1.29 is 13.9 Å². The van der Waals surface area contributed by atoms with Crippen LogP contribution in [0.5, 0.6) is 0 Å². The van der Waals surface area contributed by atoms with Gasteiger partial charge in [0.15, 0.2) is 16.8 Å². The van der Waals surface area contributed by atoms with Crippen molar-refractivity contribution in [1.29, 1.82) is 0 Å². The van der Waals surface area contributed by atoms with Gasteiger partial charge in [0.2, 0.25) is 5.91 Å². The maximum atomic E-state index is 12.5. The number of carbonyl (C=O) groups excluding carboxylic acids is 1. The number of benzene rings is 2. The summed E-state index contributed by atoms with van der Waals surface area (Å²) in [5.74, 6) is 1.66. The normalized spacial score (nSPS) is 14.6. The van der Waals surface area contributed by atoms with Crippen LogP contribution in [0.2, 0.25) is 0 Å². The zero-order valence-electron chi connectivity index (χ0n) is 20.1. The summed E-state index contributed by atoms with van der Waals surface area (Å²) in [5, 5.41) is 3.55.